The lowest BCUT2D eigenvalue weighted by molar-refractivity contribution is -0.124. The molecule has 21 heavy (non-hydrogen) atoms. The SMILES string of the molecule is CCN(CC(=O)NC(C)(C#N)C(C)C)C1CCCC1CN. The van der Waals surface area contributed by atoms with E-state index in [1.54, 1.807) is 6.92 Å². The van der Waals surface area contributed by atoms with Gasteiger partial charge in [0.25, 0.3) is 0 Å². The van der Waals surface area contributed by atoms with Crippen molar-refractivity contribution in [3.05, 3.63) is 0 Å². The molecule has 1 fully saturated rings. The van der Waals surface area contributed by atoms with Gasteiger partial charge < -0.3 is 11.1 Å². The highest BCUT2D eigenvalue weighted by Crippen LogP contribution is 2.29. The molecule has 0 heterocycles. The van der Waals surface area contributed by atoms with Gasteiger partial charge in [0.1, 0.15) is 5.54 Å². The third-order valence-electron chi connectivity index (χ3n) is 4.93. The number of amides is 1. The highest BCUT2D eigenvalue weighted by atomic mass is 16.2. The van der Waals surface area contributed by atoms with Gasteiger partial charge in [-0.25, -0.2) is 0 Å². The molecule has 1 aliphatic carbocycles. The van der Waals surface area contributed by atoms with E-state index in [1.165, 1.54) is 6.42 Å². The summed E-state index contributed by atoms with van der Waals surface area (Å²) in [7, 11) is 0. The van der Waals surface area contributed by atoms with Crippen LogP contribution < -0.4 is 11.1 Å². The van der Waals surface area contributed by atoms with Crippen molar-refractivity contribution in [2.45, 2.75) is 58.5 Å². The average Bonchev–Trinajstić information content (AvgIpc) is 2.92. The topological polar surface area (TPSA) is 82.2 Å². The molecule has 1 amide bonds. The van der Waals surface area contributed by atoms with Gasteiger partial charge in [-0.2, -0.15) is 5.26 Å². The Kier molecular flexibility index (Phi) is 6.63. The zero-order valence-corrected chi connectivity index (χ0v) is 13.9. The molecule has 1 aliphatic rings. The van der Waals surface area contributed by atoms with E-state index in [-0.39, 0.29) is 11.8 Å². The van der Waals surface area contributed by atoms with E-state index in [2.05, 4.69) is 23.2 Å². The van der Waals surface area contributed by atoms with Crippen LogP contribution in [0.5, 0.6) is 0 Å². The minimum absolute atomic E-state index is 0.0720. The molecule has 0 aromatic heterocycles. The van der Waals surface area contributed by atoms with Crippen molar-refractivity contribution in [1.82, 2.24) is 10.2 Å². The number of nitrogens with two attached hydrogens (primary N) is 1. The Morgan fingerprint density at radius 3 is 2.67 bits per heavy atom. The number of carbonyl (C=O) groups excluding carboxylic acids is 1. The van der Waals surface area contributed by atoms with E-state index in [0.29, 0.717) is 25.0 Å². The van der Waals surface area contributed by atoms with E-state index in [0.717, 1.165) is 19.4 Å². The maximum absolute atomic E-state index is 12.3. The van der Waals surface area contributed by atoms with Crippen LogP contribution in [0, 0.1) is 23.2 Å². The Bertz CT molecular complexity index is 390. The molecule has 3 atom stereocenters. The molecule has 0 spiro atoms. The molecule has 0 aromatic rings. The number of nitriles is 1. The van der Waals surface area contributed by atoms with E-state index in [9.17, 15) is 10.1 Å². The molecule has 0 aliphatic heterocycles. The van der Waals surface area contributed by atoms with Gasteiger partial charge >= 0.3 is 0 Å². The number of carbonyl (C=O) groups is 1. The Balaban J connectivity index is 2.65. The fourth-order valence-corrected chi connectivity index (χ4v) is 3.05. The molecule has 1 rings (SSSR count). The summed E-state index contributed by atoms with van der Waals surface area (Å²) < 4.78 is 0. The van der Waals surface area contributed by atoms with E-state index in [1.807, 2.05) is 13.8 Å². The molecule has 5 nitrogen and oxygen atoms in total. The summed E-state index contributed by atoms with van der Waals surface area (Å²) in [5.41, 5.74) is 5.03. The summed E-state index contributed by atoms with van der Waals surface area (Å²) in [5, 5.41) is 12.2. The van der Waals surface area contributed by atoms with Crippen LogP contribution in [0.4, 0.5) is 0 Å². The Morgan fingerprint density at radius 2 is 2.19 bits per heavy atom. The zero-order chi connectivity index (χ0) is 16.0. The van der Waals surface area contributed by atoms with Crippen LogP contribution in [0.2, 0.25) is 0 Å². The van der Waals surface area contributed by atoms with Gasteiger partial charge in [0, 0.05) is 6.04 Å². The highest BCUT2D eigenvalue weighted by Gasteiger charge is 2.34. The minimum Gasteiger partial charge on any atom is -0.337 e. The molecule has 3 N–H and O–H groups in total. The summed E-state index contributed by atoms with van der Waals surface area (Å²) in [6.07, 6.45) is 3.45. The first kappa shape index (κ1) is 17.9. The van der Waals surface area contributed by atoms with Gasteiger partial charge in [-0.3, -0.25) is 9.69 Å². The van der Waals surface area contributed by atoms with Crippen molar-refractivity contribution in [3.63, 3.8) is 0 Å². The number of hydrogen-bond acceptors (Lipinski definition) is 4. The van der Waals surface area contributed by atoms with Crippen molar-refractivity contribution in [1.29, 1.82) is 5.26 Å². The number of hydrogen-bond donors (Lipinski definition) is 2. The molecule has 1 saturated carbocycles. The second kappa shape index (κ2) is 7.77. The maximum atomic E-state index is 12.3. The predicted molar refractivity (Wildman–Crippen MR) is 84.4 cm³/mol. The third-order valence-corrected chi connectivity index (χ3v) is 4.93. The fraction of sp³-hybridized carbons (Fsp3) is 0.875. The number of nitrogens with one attached hydrogen (secondary N) is 1. The Hall–Kier alpha value is -1.12. The van der Waals surface area contributed by atoms with Crippen molar-refractivity contribution in [2.75, 3.05) is 19.6 Å². The van der Waals surface area contributed by atoms with Crippen LogP contribution in [-0.2, 0) is 4.79 Å². The molecule has 120 valence electrons. The third kappa shape index (κ3) is 4.42. The van der Waals surface area contributed by atoms with E-state index >= 15 is 0 Å². The number of nitrogens with zero attached hydrogens (tertiary/aromatic N) is 2. The molecular formula is C16H30N4O. The quantitative estimate of drug-likeness (QED) is 0.745. The first-order valence-electron chi connectivity index (χ1n) is 8.04. The molecule has 0 aromatic carbocycles. The lowest BCUT2D eigenvalue weighted by atomic mass is 9.90. The number of rotatable bonds is 7. The van der Waals surface area contributed by atoms with Gasteiger partial charge in [0.2, 0.25) is 5.91 Å². The van der Waals surface area contributed by atoms with Crippen molar-refractivity contribution in [3.8, 4) is 6.07 Å². The first-order valence-corrected chi connectivity index (χ1v) is 8.04. The molecule has 5 heteroatoms. The van der Waals surface area contributed by atoms with E-state index in [4.69, 9.17) is 5.73 Å². The summed E-state index contributed by atoms with van der Waals surface area (Å²) >= 11 is 0. The van der Waals surface area contributed by atoms with Crippen LogP contribution in [-0.4, -0.2) is 42.0 Å². The standard InChI is InChI=1S/C16H30N4O/c1-5-20(14-8-6-7-13(14)9-17)10-15(21)19-16(4,11-18)12(2)3/h12-14H,5-10,17H2,1-4H3,(H,19,21). The molecule has 0 bridgehead atoms. The summed E-state index contributed by atoms with van der Waals surface area (Å²) in [6.45, 7) is 9.62. The number of likely N-dealkylation sites (N-methyl/N-ethyl adjacent to an activating group) is 1. The van der Waals surface area contributed by atoms with Crippen molar-refractivity contribution >= 4 is 5.91 Å². The Morgan fingerprint density at radius 1 is 1.52 bits per heavy atom. The van der Waals surface area contributed by atoms with E-state index < -0.39 is 5.54 Å². The summed E-state index contributed by atoms with van der Waals surface area (Å²) in [6, 6.07) is 2.62. The van der Waals surface area contributed by atoms with Gasteiger partial charge in [0.15, 0.2) is 0 Å². The summed E-state index contributed by atoms with van der Waals surface area (Å²) in [4.78, 5) is 14.5. The van der Waals surface area contributed by atoms with Gasteiger partial charge in [-0.1, -0.05) is 27.2 Å². The minimum atomic E-state index is -0.806. The average molecular weight is 294 g/mol. The van der Waals surface area contributed by atoms with Crippen molar-refractivity contribution in [2.24, 2.45) is 17.6 Å². The van der Waals surface area contributed by atoms with Gasteiger partial charge in [-0.05, 0) is 44.7 Å². The molecule has 0 radical (unpaired) electrons. The largest absolute Gasteiger partial charge is 0.337 e. The van der Waals surface area contributed by atoms with Crippen molar-refractivity contribution < 1.29 is 4.79 Å². The second-order valence-electron chi connectivity index (χ2n) is 6.57. The first-order chi connectivity index (χ1) is 9.87. The maximum Gasteiger partial charge on any atom is 0.235 e. The summed E-state index contributed by atoms with van der Waals surface area (Å²) in [5.74, 6) is 0.493. The van der Waals surface area contributed by atoms with Gasteiger partial charge in [-0.15, -0.1) is 0 Å². The van der Waals surface area contributed by atoms with Crippen LogP contribution in [0.25, 0.3) is 0 Å². The second-order valence-corrected chi connectivity index (χ2v) is 6.57. The van der Waals surface area contributed by atoms with Crippen LogP contribution in [0.15, 0.2) is 0 Å². The highest BCUT2D eigenvalue weighted by molar-refractivity contribution is 5.79. The van der Waals surface area contributed by atoms with Crippen LogP contribution in [0.1, 0.15) is 47.0 Å². The van der Waals surface area contributed by atoms with Crippen LogP contribution >= 0.6 is 0 Å². The molecule has 0 saturated heterocycles. The monoisotopic (exact) mass is 294 g/mol. The van der Waals surface area contributed by atoms with Crippen LogP contribution in [0.3, 0.4) is 0 Å². The normalized spacial score (nSPS) is 24.9. The fourth-order valence-electron chi connectivity index (χ4n) is 3.05. The molecular weight excluding hydrogens is 264 g/mol. The Labute approximate surface area is 128 Å². The lowest BCUT2D eigenvalue weighted by Gasteiger charge is -2.33. The van der Waals surface area contributed by atoms with Gasteiger partial charge in [0.05, 0.1) is 12.6 Å². The lowest BCUT2D eigenvalue weighted by Crippen LogP contribution is -2.53. The molecule has 3 unspecified atom stereocenters. The predicted octanol–water partition coefficient (Wildman–Crippen LogP) is 1.49. The smallest absolute Gasteiger partial charge is 0.235 e. The zero-order valence-electron chi connectivity index (χ0n) is 13.9.